The van der Waals surface area contributed by atoms with E-state index in [1.165, 1.54) is 12.1 Å². The Balaban J connectivity index is 2.10. The molecule has 0 aliphatic rings. The summed E-state index contributed by atoms with van der Waals surface area (Å²) in [5, 5.41) is 10.7. The molecule has 5 heteroatoms. The van der Waals surface area contributed by atoms with Crippen LogP contribution in [0.1, 0.15) is 11.1 Å². The van der Waals surface area contributed by atoms with Gasteiger partial charge in [-0.3, -0.25) is 10.1 Å². The highest BCUT2D eigenvalue weighted by atomic mass is 16.6. The summed E-state index contributed by atoms with van der Waals surface area (Å²) in [5.41, 5.74) is 7.34. The lowest BCUT2D eigenvalue weighted by atomic mass is 10.2. The van der Waals surface area contributed by atoms with Crippen molar-refractivity contribution in [2.75, 3.05) is 0 Å². The van der Waals surface area contributed by atoms with Crippen molar-refractivity contribution in [3.8, 4) is 5.75 Å². The third-order valence-electron chi connectivity index (χ3n) is 2.71. The first kappa shape index (κ1) is 13.0. The van der Waals surface area contributed by atoms with Crippen LogP contribution in [0.4, 0.5) is 5.69 Å². The summed E-state index contributed by atoms with van der Waals surface area (Å²) in [6.45, 7) is 0.670. The second-order valence-corrected chi connectivity index (χ2v) is 4.03. The minimum Gasteiger partial charge on any atom is -0.489 e. The van der Waals surface area contributed by atoms with Crippen molar-refractivity contribution in [3.05, 3.63) is 69.8 Å². The Morgan fingerprint density at radius 3 is 2.68 bits per heavy atom. The maximum absolute atomic E-state index is 10.7. The van der Waals surface area contributed by atoms with Gasteiger partial charge in [-0.1, -0.05) is 30.3 Å². The number of nitrogens with two attached hydrogens (primary N) is 1. The van der Waals surface area contributed by atoms with Crippen molar-refractivity contribution < 1.29 is 9.66 Å². The molecule has 2 N–H and O–H groups in total. The number of ether oxygens (including phenoxy) is 1. The molecule has 2 rings (SSSR count). The maximum Gasteiger partial charge on any atom is 0.269 e. The summed E-state index contributed by atoms with van der Waals surface area (Å²) in [5.74, 6) is 0.705. The summed E-state index contributed by atoms with van der Waals surface area (Å²) in [6, 6.07) is 13.9. The first-order valence-electron chi connectivity index (χ1n) is 5.85. The van der Waals surface area contributed by atoms with Crippen LogP contribution in [0.25, 0.3) is 0 Å². The molecule has 2 aromatic rings. The largest absolute Gasteiger partial charge is 0.489 e. The molecule has 0 spiro atoms. The molecular formula is C14H14N2O3. The molecule has 0 fully saturated rings. The van der Waals surface area contributed by atoms with Gasteiger partial charge in [0, 0.05) is 24.2 Å². The molecule has 0 bridgehead atoms. The fraction of sp³-hybridized carbons (Fsp3) is 0.143. The van der Waals surface area contributed by atoms with Gasteiger partial charge in [0.25, 0.3) is 5.69 Å². The number of nitrogens with zero attached hydrogens (tertiary/aromatic N) is 1. The SMILES string of the molecule is NCc1ccccc1OCc1cccc([N+](=O)[O-])c1. The molecule has 5 nitrogen and oxygen atoms in total. The Morgan fingerprint density at radius 1 is 1.16 bits per heavy atom. The normalized spacial score (nSPS) is 10.2. The molecule has 0 unspecified atom stereocenters. The minimum atomic E-state index is -0.419. The first-order chi connectivity index (χ1) is 9.20. The van der Waals surface area contributed by atoms with Gasteiger partial charge in [0.15, 0.2) is 0 Å². The second kappa shape index (κ2) is 5.97. The van der Waals surface area contributed by atoms with E-state index in [4.69, 9.17) is 10.5 Å². The van der Waals surface area contributed by atoms with E-state index in [-0.39, 0.29) is 12.3 Å². The van der Waals surface area contributed by atoms with Gasteiger partial charge in [-0.2, -0.15) is 0 Å². The van der Waals surface area contributed by atoms with Gasteiger partial charge < -0.3 is 10.5 Å². The monoisotopic (exact) mass is 258 g/mol. The quantitative estimate of drug-likeness (QED) is 0.660. The van der Waals surface area contributed by atoms with Crippen molar-refractivity contribution in [3.63, 3.8) is 0 Å². The molecule has 0 radical (unpaired) electrons. The van der Waals surface area contributed by atoms with E-state index < -0.39 is 4.92 Å². The summed E-state index contributed by atoms with van der Waals surface area (Å²) in [6.07, 6.45) is 0. The molecule has 0 saturated heterocycles. The van der Waals surface area contributed by atoms with E-state index in [1.54, 1.807) is 12.1 Å². The zero-order chi connectivity index (χ0) is 13.7. The van der Waals surface area contributed by atoms with Crippen LogP contribution in [-0.2, 0) is 13.2 Å². The van der Waals surface area contributed by atoms with Crippen LogP contribution < -0.4 is 10.5 Å². The molecule has 98 valence electrons. The topological polar surface area (TPSA) is 78.4 Å². The molecule has 0 aromatic heterocycles. The van der Waals surface area contributed by atoms with Gasteiger partial charge in [-0.15, -0.1) is 0 Å². The molecule has 2 aromatic carbocycles. The lowest BCUT2D eigenvalue weighted by Gasteiger charge is -2.10. The molecule has 19 heavy (non-hydrogen) atoms. The van der Waals surface area contributed by atoms with E-state index in [2.05, 4.69) is 0 Å². The van der Waals surface area contributed by atoms with Gasteiger partial charge >= 0.3 is 0 Å². The molecule has 0 saturated carbocycles. The van der Waals surface area contributed by atoms with E-state index in [0.29, 0.717) is 12.3 Å². The summed E-state index contributed by atoms with van der Waals surface area (Å²) in [4.78, 5) is 10.3. The highest BCUT2D eigenvalue weighted by Crippen LogP contribution is 2.20. The van der Waals surface area contributed by atoms with E-state index in [1.807, 2.05) is 24.3 Å². The predicted molar refractivity (Wildman–Crippen MR) is 71.8 cm³/mol. The molecule has 0 aliphatic carbocycles. The Hall–Kier alpha value is -2.40. The number of non-ortho nitro benzene ring substituents is 1. The highest BCUT2D eigenvalue weighted by molar-refractivity contribution is 5.36. The number of rotatable bonds is 5. The van der Waals surface area contributed by atoms with Gasteiger partial charge in [-0.05, 0) is 11.6 Å². The van der Waals surface area contributed by atoms with Crippen LogP contribution >= 0.6 is 0 Å². The summed E-state index contributed by atoms with van der Waals surface area (Å²) in [7, 11) is 0. The Kier molecular flexibility index (Phi) is 4.10. The molecule has 0 atom stereocenters. The van der Waals surface area contributed by atoms with Crippen molar-refractivity contribution in [2.45, 2.75) is 13.2 Å². The number of nitro benzene ring substituents is 1. The van der Waals surface area contributed by atoms with Crippen molar-refractivity contribution >= 4 is 5.69 Å². The van der Waals surface area contributed by atoms with Crippen LogP contribution in [0, 0.1) is 10.1 Å². The number of hydrogen-bond acceptors (Lipinski definition) is 4. The van der Waals surface area contributed by atoms with Crippen LogP contribution in [0.15, 0.2) is 48.5 Å². The van der Waals surface area contributed by atoms with Gasteiger partial charge in [0.05, 0.1) is 4.92 Å². The summed E-state index contributed by atoms with van der Waals surface area (Å²) < 4.78 is 5.65. The third-order valence-corrected chi connectivity index (χ3v) is 2.71. The van der Waals surface area contributed by atoms with Crippen LogP contribution in [0.2, 0.25) is 0 Å². The van der Waals surface area contributed by atoms with Crippen molar-refractivity contribution in [1.82, 2.24) is 0 Å². The van der Waals surface area contributed by atoms with Crippen molar-refractivity contribution in [1.29, 1.82) is 0 Å². The zero-order valence-electron chi connectivity index (χ0n) is 10.3. The number of benzene rings is 2. The first-order valence-corrected chi connectivity index (χ1v) is 5.85. The van der Waals surface area contributed by atoms with Crippen LogP contribution in [0.5, 0.6) is 5.75 Å². The molecule has 0 heterocycles. The lowest BCUT2D eigenvalue weighted by molar-refractivity contribution is -0.384. The van der Waals surface area contributed by atoms with E-state index in [9.17, 15) is 10.1 Å². The zero-order valence-corrected chi connectivity index (χ0v) is 10.3. The predicted octanol–water partition coefficient (Wildman–Crippen LogP) is 2.63. The Labute approximate surface area is 110 Å². The second-order valence-electron chi connectivity index (χ2n) is 4.03. The fourth-order valence-corrected chi connectivity index (χ4v) is 1.73. The van der Waals surface area contributed by atoms with Gasteiger partial charge in [-0.25, -0.2) is 0 Å². The van der Waals surface area contributed by atoms with Gasteiger partial charge in [0.2, 0.25) is 0 Å². The Morgan fingerprint density at radius 2 is 1.95 bits per heavy atom. The average molecular weight is 258 g/mol. The average Bonchev–Trinajstić information content (AvgIpc) is 2.45. The van der Waals surface area contributed by atoms with E-state index in [0.717, 1.165) is 11.1 Å². The fourth-order valence-electron chi connectivity index (χ4n) is 1.73. The number of nitro groups is 1. The highest BCUT2D eigenvalue weighted by Gasteiger charge is 2.07. The lowest BCUT2D eigenvalue weighted by Crippen LogP contribution is -2.02. The third kappa shape index (κ3) is 3.29. The maximum atomic E-state index is 10.7. The number of hydrogen-bond donors (Lipinski definition) is 1. The Bertz CT molecular complexity index is 584. The minimum absolute atomic E-state index is 0.0632. The molecule has 0 aliphatic heterocycles. The smallest absolute Gasteiger partial charge is 0.269 e. The van der Waals surface area contributed by atoms with Crippen LogP contribution in [-0.4, -0.2) is 4.92 Å². The summed E-state index contributed by atoms with van der Waals surface area (Å²) >= 11 is 0. The van der Waals surface area contributed by atoms with Gasteiger partial charge in [0.1, 0.15) is 12.4 Å². The van der Waals surface area contributed by atoms with E-state index >= 15 is 0 Å². The molecular weight excluding hydrogens is 244 g/mol. The number of para-hydroxylation sites is 1. The standard InChI is InChI=1S/C14H14N2O3/c15-9-12-5-1-2-7-14(12)19-10-11-4-3-6-13(8-11)16(17)18/h1-8H,9-10,15H2. The van der Waals surface area contributed by atoms with Crippen LogP contribution in [0.3, 0.4) is 0 Å². The van der Waals surface area contributed by atoms with Crippen molar-refractivity contribution in [2.24, 2.45) is 5.73 Å². The molecule has 0 amide bonds.